The van der Waals surface area contributed by atoms with Crippen molar-refractivity contribution in [2.75, 3.05) is 5.75 Å². The molecule has 1 aromatic carbocycles. The van der Waals surface area contributed by atoms with Gasteiger partial charge in [-0.15, -0.1) is 11.8 Å². The van der Waals surface area contributed by atoms with Gasteiger partial charge in [-0.05, 0) is 30.0 Å². The maximum absolute atomic E-state index is 13.0. The predicted molar refractivity (Wildman–Crippen MR) is 90.3 cm³/mol. The third-order valence-electron chi connectivity index (χ3n) is 3.89. The zero-order chi connectivity index (χ0) is 20.0. The van der Waals surface area contributed by atoms with Gasteiger partial charge in [0.1, 0.15) is 11.3 Å². The van der Waals surface area contributed by atoms with Gasteiger partial charge in [-0.25, -0.2) is 9.97 Å². The summed E-state index contributed by atoms with van der Waals surface area (Å²) in [6, 6.07) is 4.12. The van der Waals surface area contributed by atoms with Crippen LogP contribution in [-0.2, 0) is 19.4 Å². The van der Waals surface area contributed by atoms with E-state index >= 15 is 0 Å². The molecule has 0 spiro atoms. The van der Waals surface area contributed by atoms with Crippen molar-refractivity contribution in [3.05, 3.63) is 41.6 Å². The van der Waals surface area contributed by atoms with Crippen LogP contribution in [0.15, 0.2) is 35.4 Å². The lowest BCUT2D eigenvalue weighted by atomic mass is 10.1. The molecule has 0 amide bonds. The number of aryl methyl sites for hydroxylation is 1. The van der Waals surface area contributed by atoms with Crippen LogP contribution in [0, 0.1) is 0 Å². The predicted octanol–water partition coefficient (Wildman–Crippen LogP) is 5.78. The summed E-state index contributed by atoms with van der Waals surface area (Å²) in [6.45, 7) is 1.79. The highest BCUT2D eigenvalue weighted by atomic mass is 32.2. The number of alkyl halides is 6. The lowest BCUT2D eigenvalue weighted by Gasteiger charge is -2.12. The molecule has 2 heterocycles. The van der Waals surface area contributed by atoms with E-state index in [1.54, 1.807) is 14.0 Å². The second-order valence-electron chi connectivity index (χ2n) is 5.70. The molecule has 0 aliphatic rings. The Labute approximate surface area is 154 Å². The number of rotatable bonds is 3. The normalized spacial score (nSPS) is 12.7. The molecule has 3 aromatic rings. The van der Waals surface area contributed by atoms with Crippen LogP contribution in [0.25, 0.3) is 22.6 Å². The van der Waals surface area contributed by atoms with Crippen molar-refractivity contribution in [1.82, 2.24) is 14.5 Å². The fourth-order valence-corrected chi connectivity index (χ4v) is 3.47. The van der Waals surface area contributed by atoms with Crippen molar-refractivity contribution in [3.8, 4) is 11.4 Å². The highest BCUT2D eigenvalue weighted by Gasteiger charge is 2.33. The maximum atomic E-state index is 13.0. The average molecular weight is 405 g/mol. The molecule has 0 saturated carbocycles. The number of thioether (sulfide) groups is 1. The summed E-state index contributed by atoms with van der Waals surface area (Å²) in [4.78, 5) is 8.37. The second kappa shape index (κ2) is 6.74. The Hall–Kier alpha value is -2.23. The molecule has 0 fully saturated rings. The van der Waals surface area contributed by atoms with Gasteiger partial charge in [0.15, 0.2) is 5.65 Å². The van der Waals surface area contributed by atoms with E-state index in [0.29, 0.717) is 22.4 Å². The van der Waals surface area contributed by atoms with Gasteiger partial charge in [-0.3, -0.25) is 0 Å². The van der Waals surface area contributed by atoms with E-state index in [2.05, 4.69) is 9.97 Å². The topological polar surface area (TPSA) is 30.7 Å². The largest absolute Gasteiger partial charge is 0.417 e. The number of hydrogen-bond acceptors (Lipinski definition) is 3. The van der Waals surface area contributed by atoms with Crippen molar-refractivity contribution in [3.63, 3.8) is 0 Å². The number of halogens is 6. The SMILES string of the molecule is CCSc1cc(C(F)(F)F)ccc1-c1nc2cc(C(F)(F)F)cnc2n1C. The smallest absolute Gasteiger partial charge is 0.312 e. The van der Waals surface area contributed by atoms with E-state index < -0.39 is 23.5 Å². The Morgan fingerprint density at radius 2 is 1.67 bits per heavy atom. The van der Waals surface area contributed by atoms with Crippen molar-refractivity contribution >= 4 is 22.9 Å². The zero-order valence-electron chi connectivity index (χ0n) is 14.1. The molecule has 3 nitrogen and oxygen atoms in total. The Kier molecular flexibility index (Phi) is 4.87. The summed E-state index contributed by atoms with van der Waals surface area (Å²) in [6.07, 6.45) is -8.34. The number of benzene rings is 1. The highest BCUT2D eigenvalue weighted by molar-refractivity contribution is 7.99. The van der Waals surface area contributed by atoms with Crippen LogP contribution in [0.3, 0.4) is 0 Å². The number of imidazole rings is 1. The van der Waals surface area contributed by atoms with Gasteiger partial charge in [-0.2, -0.15) is 26.3 Å². The number of hydrogen-bond donors (Lipinski definition) is 0. The summed E-state index contributed by atoms with van der Waals surface area (Å²) in [5.74, 6) is 0.774. The molecular weight excluding hydrogens is 392 g/mol. The molecule has 3 rings (SSSR count). The standard InChI is InChI=1S/C17H13F6N3S/c1-3-27-13-7-9(16(18,19)20)4-5-11(13)14-25-12-6-10(17(21,22)23)8-24-15(12)26(14)2/h4-8H,3H2,1-2H3. The minimum absolute atomic E-state index is 0.0228. The van der Waals surface area contributed by atoms with E-state index in [-0.39, 0.29) is 17.0 Å². The van der Waals surface area contributed by atoms with Gasteiger partial charge >= 0.3 is 12.4 Å². The number of nitrogens with zero attached hydrogens (tertiary/aromatic N) is 3. The molecule has 0 bridgehead atoms. The third kappa shape index (κ3) is 3.76. The number of fused-ring (bicyclic) bond motifs is 1. The van der Waals surface area contributed by atoms with Crippen LogP contribution < -0.4 is 0 Å². The summed E-state index contributed by atoms with van der Waals surface area (Å²) in [7, 11) is 1.56. The molecule has 144 valence electrons. The minimum Gasteiger partial charge on any atom is -0.312 e. The zero-order valence-corrected chi connectivity index (χ0v) is 14.9. The molecule has 2 aromatic heterocycles. The first-order chi connectivity index (χ1) is 12.5. The summed E-state index contributed by atoms with van der Waals surface area (Å²) < 4.78 is 79.1. The number of aromatic nitrogens is 3. The van der Waals surface area contributed by atoms with Crippen LogP contribution in [0.5, 0.6) is 0 Å². The molecule has 0 saturated heterocycles. The van der Waals surface area contributed by atoms with E-state index in [1.165, 1.54) is 22.4 Å². The van der Waals surface area contributed by atoms with Crippen molar-refractivity contribution < 1.29 is 26.3 Å². The van der Waals surface area contributed by atoms with Gasteiger partial charge in [0, 0.05) is 23.7 Å². The molecule has 0 radical (unpaired) electrons. The van der Waals surface area contributed by atoms with Crippen LogP contribution >= 0.6 is 11.8 Å². The van der Waals surface area contributed by atoms with E-state index in [0.717, 1.165) is 18.2 Å². The fourth-order valence-electron chi connectivity index (χ4n) is 2.63. The lowest BCUT2D eigenvalue weighted by molar-refractivity contribution is -0.138. The maximum Gasteiger partial charge on any atom is 0.417 e. The molecule has 27 heavy (non-hydrogen) atoms. The minimum atomic E-state index is -4.56. The van der Waals surface area contributed by atoms with Gasteiger partial charge < -0.3 is 4.57 Å². The second-order valence-corrected chi connectivity index (χ2v) is 7.01. The molecule has 0 atom stereocenters. The Balaban J connectivity index is 2.18. The first-order valence-electron chi connectivity index (χ1n) is 7.76. The van der Waals surface area contributed by atoms with Gasteiger partial charge in [-0.1, -0.05) is 6.92 Å². The van der Waals surface area contributed by atoms with Crippen LogP contribution in [-0.4, -0.2) is 20.3 Å². The van der Waals surface area contributed by atoms with E-state index in [4.69, 9.17) is 0 Å². The van der Waals surface area contributed by atoms with Crippen LogP contribution in [0.4, 0.5) is 26.3 Å². The monoisotopic (exact) mass is 405 g/mol. The summed E-state index contributed by atoms with van der Waals surface area (Å²) in [5.41, 5.74) is -1.09. The van der Waals surface area contributed by atoms with Crippen molar-refractivity contribution in [2.24, 2.45) is 7.05 Å². The molecule has 0 aliphatic heterocycles. The molecule has 0 N–H and O–H groups in total. The molecule has 0 unspecified atom stereocenters. The van der Waals surface area contributed by atoms with Gasteiger partial charge in [0.2, 0.25) is 0 Å². The van der Waals surface area contributed by atoms with Gasteiger partial charge in [0.25, 0.3) is 0 Å². The first kappa shape index (κ1) is 19.5. The summed E-state index contributed by atoms with van der Waals surface area (Å²) in [5, 5.41) is 0. The average Bonchev–Trinajstić information content (AvgIpc) is 2.90. The quantitative estimate of drug-likeness (QED) is 0.409. The lowest BCUT2D eigenvalue weighted by Crippen LogP contribution is -2.06. The Bertz CT molecular complexity index is 991. The van der Waals surface area contributed by atoms with Gasteiger partial charge in [0.05, 0.1) is 11.1 Å². The highest BCUT2D eigenvalue weighted by Crippen LogP contribution is 2.38. The molecule has 10 heteroatoms. The molecule has 0 aliphatic carbocycles. The van der Waals surface area contributed by atoms with E-state index in [1.807, 2.05) is 0 Å². The fraction of sp³-hybridized carbons (Fsp3) is 0.294. The third-order valence-corrected chi connectivity index (χ3v) is 4.82. The van der Waals surface area contributed by atoms with Crippen LogP contribution in [0.1, 0.15) is 18.1 Å². The van der Waals surface area contributed by atoms with E-state index in [9.17, 15) is 26.3 Å². The Morgan fingerprint density at radius 1 is 1.00 bits per heavy atom. The van der Waals surface area contributed by atoms with Crippen LogP contribution in [0.2, 0.25) is 0 Å². The summed E-state index contributed by atoms with van der Waals surface area (Å²) >= 11 is 1.20. The molecular formula is C17H13F6N3S. The first-order valence-corrected chi connectivity index (χ1v) is 8.75. The Morgan fingerprint density at radius 3 is 2.26 bits per heavy atom. The van der Waals surface area contributed by atoms with Crippen molar-refractivity contribution in [2.45, 2.75) is 24.2 Å². The number of pyridine rings is 1. The van der Waals surface area contributed by atoms with Crippen molar-refractivity contribution in [1.29, 1.82) is 0 Å².